The molecular weight excluding hydrogens is 346 g/mol. The molecule has 4 nitrogen and oxygen atoms in total. The van der Waals surface area contributed by atoms with Gasteiger partial charge in [0.2, 0.25) is 5.82 Å². The first kappa shape index (κ1) is 15.4. The third kappa shape index (κ3) is 3.55. The van der Waals surface area contributed by atoms with Gasteiger partial charge in [0.15, 0.2) is 0 Å². The summed E-state index contributed by atoms with van der Waals surface area (Å²) in [6, 6.07) is 7.90. The van der Waals surface area contributed by atoms with E-state index in [-0.39, 0.29) is 11.9 Å². The number of benzene rings is 2. The average Bonchev–Trinajstić information content (AvgIpc) is 2.43. The van der Waals surface area contributed by atoms with Gasteiger partial charge in [-0.1, -0.05) is 6.07 Å². The Morgan fingerprint density at radius 3 is 2.48 bits per heavy atom. The zero-order valence-corrected chi connectivity index (χ0v) is 12.5. The van der Waals surface area contributed by atoms with Gasteiger partial charge in [-0.2, -0.15) is 4.39 Å². The standard InChI is InChI=1S/C14H11BrF2N2O2/c1-8(9-2-4-12(16)11(15)6-9)18-10-3-5-13(17)14(7-10)19(20)21/h2-8,18H,1H3. The Hall–Kier alpha value is -2.02. The molecule has 1 unspecified atom stereocenters. The maximum Gasteiger partial charge on any atom is 0.306 e. The van der Waals surface area contributed by atoms with E-state index in [1.807, 2.05) is 6.92 Å². The van der Waals surface area contributed by atoms with Crippen molar-refractivity contribution < 1.29 is 13.7 Å². The number of nitrogens with zero attached hydrogens (tertiary/aromatic N) is 1. The summed E-state index contributed by atoms with van der Waals surface area (Å²) < 4.78 is 26.8. The zero-order valence-electron chi connectivity index (χ0n) is 10.9. The van der Waals surface area contributed by atoms with Crippen molar-refractivity contribution in [2.24, 2.45) is 0 Å². The van der Waals surface area contributed by atoms with Gasteiger partial charge in [-0.05, 0) is 52.7 Å². The molecule has 0 fully saturated rings. The van der Waals surface area contributed by atoms with Crippen molar-refractivity contribution in [3.63, 3.8) is 0 Å². The summed E-state index contributed by atoms with van der Waals surface area (Å²) in [4.78, 5) is 9.92. The lowest BCUT2D eigenvalue weighted by atomic mass is 10.1. The molecule has 0 spiro atoms. The molecule has 0 aliphatic carbocycles. The number of hydrogen-bond acceptors (Lipinski definition) is 3. The van der Waals surface area contributed by atoms with Gasteiger partial charge in [0.1, 0.15) is 5.82 Å². The fourth-order valence-corrected chi connectivity index (χ4v) is 2.25. The van der Waals surface area contributed by atoms with E-state index in [1.54, 1.807) is 12.1 Å². The first-order chi connectivity index (χ1) is 9.88. The van der Waals surface area contributed by atoms with E-state index in [1.165, 1.54) is 12.1 Å². The van der Waals surface area contributed by atoms with Crippen LogP contribution in [0.5, 0.6) is 0 Å². The SMILES string of the molecule is CC(Nc1ccc(F)c([N+](=O)[O-])c1)c1ccc(F)c(Br)c1. The van der Waals surface area contributed by atoms with Gasteiger partial charge in [0.05, 0.1) is 9.40 Å². The molecule has 0 heterocycles. The zero-order chi connectivity index (χ0) is 15.6. The van der Waals surface area contributed by atoms with Crippen LogP contribution in [0.1, 0.15) is 18.5 Å². The lowest BCUT2D eigenvalue weighted by Crippen LogP contribution is -2.07. The second-order valence-electron chi connectivity index (χ2n) is 4.46. The monoisotopic (exact) mass is 356 g/mol. The Labute approximate surface area is 128 Å². The summed E-state index contributed by atoms with van der Waals surface area (Å²) in [6.45, 7) is 1.81. The third-order valence-electron chi connectivity index (χ3n) is 2.97. The molecule has 0 aromatic heterocycles. The van der Waals surface area contributed by atoms with Gasteiger partial charge in [0.25, 0.3) is 0 Å². The van der Waals surface area contributed by atoms with Crippen LogP contribution >= 0.6 is 15.9 Å². The number of nitrogens with one attached hydrogen (secondary N) is 1. The highest BCUT2D eigenvalue weighted by molar-refractivity contribution is 9.10. The van der Waals surface area contributed by atoms with E-state index < -0.39 is 16.4 Å². The Morgan fingerprint density at radius 1 is 1.19 bits per heavy atom. The Morgan fingerprint density at radius 2 is 1.86 bits per heavy atom. The largest absolute Gasteiger partial charge is 0.378 e. The van der Waals surface area contributed by atoms with Crippen LogP contribution in [0.15, 0.2) is 40.9 Å². The minimum Gasteiger partial charge on any atom is -0.378 e. The number of nitro groups is 1. The fourth-order valence-electron chi connectivity index (χ4n) is 1.86. The summed E-state index contributed by atoms with van der Waals surface area (Å²) in [7, 11) is 0. The van der Waals surface area contributed by atoms with Crippen LogP contribution in [0.2, 0.25) is 0 Å². The van der Waals surface area contributed by atoms with E-state index in [2.05, 4.69) is 21.2 Å². The highest BCUT2D eigenvalue weighted by atomic mass is 79.9. The number of hydrogen-bond donors (Lipinski definition) is 1. The molecule has 0 aliphatic heterocycles. The first-order valence-corrected chi connectivity index (χ1v) is 6.83. The van der Waals surface area contributed by atoms with Crippen LogP contribution in [-0.4, -0.2) is 4.92 Å². The molecule has 21 heavy (non-hydrogen) atoms. The van der Waals surface area contributed by atoms with Gasteiger partial charge in [0, 0.05) is 17.8 Å². The lowest BCUT2D eigenvalue weighted by Gasteiger charge is -2.16. The van der Waals surface area contributed by atoms with E-state index >= 15 is 0 Å². The van der Waals surface area contributed by atoms with Crippen LogP contribution in [-0.2, 0) is 0 Å². The van der Waals surface area contributed by atoms with Gasteiger partial charge < -0.3 is 5.32 Å². The number of halogens is 3. The van der Waals surface area contributed by atoms with Crippen LogP contribution in [0.3, 0.4) is 0 Å². The summed E-state index contributed by atoms with van der Waals surface area (Å²) in [5.74, 6) is -1.26. The van der Waals surface area contributed by atoms with Crippen molar-refractivity contribution in [2.75, 3.05) is 5.32 Å². The molecule has 0 bridgehead atoms. The molecule has 1 atom stereocenters. The van der Waals surface area contributed by atoms with Crippen LogP contribution in [0.4, 0.5) is 20.2 Å². The average molecular weight is 357 g/mol. The van der Waals surface area contributed by atoms with Crippen LogP contribution < -0.4 is 5.32 Å². The predicted octanol–water partition coefficient (Wildman–Crippen LogP) is 4.81. The highest BCUT2D eigenvalue weighted by Gasteiger charge is 2.15. The molecule has 2 aromatic carbocycles. The smallest absolute Gasteiger partial charge is 0.306 e. The topological polar surface area (TPSA) is 55.2 Å². The number of rotatable bonds is 4. The second kappa shape index (κ2) is 6.17. The molecule has 110 valence electrons. The Balaban J connectivity index is 2.23. The molecule has 0 aliphatic rings. The Kier molecular flexibility index (Phi) is 4.52. The summed E-state index contributed by atoms with van der Waals surface area (Å²) in [6.07, 6.45) is 0. The third-order valence-corrected chi connectivity index (χ3v) is 3.58. The second-order valence-corrected chi connectivity index (χ2v) is 5.32. The van der Waals surface area contributed by atoms with E-state index in [0.29, 0.717) is 10.2 Å². The van der Waals surface area contributed by atoms with E-state index in [9.17, 15) is 18.9 Å². The van der Waals surface area contributed by atoms with Crippen LogP contribution in [0, 0.1) is 21.7 Å². The molecule has 2 aromatic rings. The number of nitro benzene ring substituents is 1. The van der Waals surface area contributed by atoms with Crippen molar-refractivity contribution >= 4 is 27.3 Å². The predicted molar refractivity (Wildman–Crippen MR) is 79.2 cm³/mol. The molecule has 0 radical (unpaired) electrons. The van der Waals surface area contributed by atoms with Gasteiger partial charge in [-0.3, -0.25) is 10.1 Å². The minimum absolute atomic E-state index is 0.230. The van der Waals surface area contributed by atoms with Crippen LogP contribution in [0.25, 0.3) is 0 Å². The van der Waals surface area contributed by atoms with Crippen molar-refractivity contribution in [3.8, 4) is 0 Å². The first-order valence-electron chi connectivity index (χ1n) is 6.04. The molecule has 0 amide bonds. The van der Waals surface area contributed by atoms with Crippen molar-refractivity contribution in [1.29, 1.82) is 0 Å². The normalized spacial score (nSPS) is 12.0. The molecule has 0 saturated heterocycles. The molecule has 2 rings (SSSR count). The molecular formula is C14H11BrF2N2O2. The number of anilines is 1. The quantitative estimate of drug-likeness (QED) is 0.631. The van der Waals surface area contributed by atoms with Crippen molar-refractivity contribution in [3.05, 3.63) is 68.2 Å². The summed E-state index contributed by atoms with van der Waals surface area (Å²) in [5, 5.41) is 13.7. The summed E-state index contributed by atoms with van der Waals surface area (Å²) >= 11 is 3.10. The molecule has 7 heteroatoms. The van der Waals surface area contributed by atoms with Gasteiger partial charge in [-0.15, -0.1) is 0 Å². The fraction of sp³-hybridized carbons (Fsp3) is 0.143. The minimum atomic E-state index is -0.886. The molecule has 1 N–H and O–H groups in total. The summed E-state index contributed by atoms with van der Waals surface area (Å²) in [5.41, 5.74) is 0.610. The van der Waals surface area contributed by atoms with E-state index in [4.69, 9.17) is 0 Å². The van der Waals surface area contributed by atoms with Crippen molar-refractivity contribution in [1.82, 2.24) is 0 Å². The maximum absolute atomic E-state index is 13.3. The van der Waals surface area contributed by atoms with E-state index in [0.717, 1.165) is 17.7 Å². The maximum atomic E-state index is 13.3. The van der Waals surface area contributed by atoms with Gasteiger partial charge >= 0.3 is 5.69 Å². The lowest BCUT2D eigenvalue weighted by molar-refractivity contribution is -0.387. The highest BCUT2D eigenvalue weighted by Crippen LogP contribution is 2.27. The van der Waals surface area contributed by atoms with Gasteiger partial charge in [-0.25, -0.2) is 4.39 Å². The van der Waals surface area contributed by atoms with Crippen molar-refractivity contribution in [2.45, 2.75) is 13.0 Å². The Bertz CT molecular complexity index is 695. The molecule has 0 saturated carbocycles.